The molecule has 0 aliphatic carbocycles. The van der Waals surface area contributed by atoms with E-state index in [1.807, 2.05) is 41.3 Å². The number of rotatable bonds is 6. The molecule has 0 N–H and O–H groups in total. The van der Waals surface area contributed by atoms with E-state index in [2.05, 4.69) is 30.9 Å². The van der Waals surface area contributed by atoms with Crippen molar-refractivity contribution in [2.24, 2.45) is 0 Å². The first-order valence-corrected chi connectivity index (χ1v) is 8.90. The van der Waals surface area contributed by atoms with Crippen molar-refractivity contribution in [1.82, 2.24) is 4.90 Å². The molecule has 1 aliphatic heterocycles. The molecule has 1 aliphatic rings. The van der Waals surface area contributed by atoms with E-state index in [1.165, 1.54) is 5.56 Å². The van der Waals surface area contributed by atoms with Crippen LogP contribution in [0.1, 0.15) is 31.0 Å². The molecule has 0 saturated carbocycles. The van der Waals surface area contributed by atoms with E-state index in [0.29, 0.717) is 6.54 Å². The van der Waals surface area contributed by atoms with Crippen LogP contribution in [0.15, 0.2) is 48.5 Å². The van der Waals surface area contributed by atoms with Crippen molar-refractivity contribution >= 4 is 11.6 Å². The number of likely N-dealkylation sites (N-methyl/N-ethyl adjacent to an activating group) is 1. The maximum Gasteiger partial charge on any atom is 0.241 e. The fourth-order valence-corrected chi connectivity index (χ4v) is 3.49. The van der Waals surface area contributed by atoms with E-state index in [9.17, 15) is 4.79 Å². The minimum absolute atomic E-state index is 0.155. The summed E-state index contributed by atoms with van der Waals surface area (Å²) in [6, 6.07) is 16.4. The predicted molar refractivity (Wildman–Crippen MR) is 101 cm³/mol. The summed E-state index contributed by atoms with van der Waals surface area (Å²) in [5.41, 5.74) is 3.49. The Kier molecular flexibility index (Phi) is 5.39. The van der Waals surface area contributed by atoms with Crippen LogP contribution < -0.4 is 9.64 Å². The number of fused-ring (bicyclic) bond motifs is 1. The summed E-state index contributed by atoms with van der Waals surface area (Å²) in [5, 5.41) is 0. The highest BCUT2D eigenvalue weighted by atomic mass is 16.5. The quantitative estimate of drug-likeness (QED) is 0.806. The summed E-state index contributed by atoms with van der Waals surface area (Å²) in [7, 11) is 1.68. The van der Waals surface area contributed by atoms with Crippen LogP contribution in [0.3, 0.4) is 0 Å². The van der Waals surface area contributed by atoms with Crippen LogP contribution in [0, 0.1) is 0 Å². The van der Waals surface area contributed by atoms with E-state index in [-0.39, 0.29) is 11.9 Å². The Balaban J connectivity index is 1.72. The fraction of sp³-hybridized carbons (Fsp3) is 0.381. The number of carbonyl (C=O) groups excluding carboxylic acids is 1. The molecule has 1 heterocycles. The number of methoxy groups -OCH3 is 1. The first kappa shape index (κ1) is 17.5. The highest BCUT2D eigenvalue weighted by Crippen LogP contribution is 2.29. The molecule has 0 saturated heterocycles. The Bertz CT molecular complexity index is 744. The van der Waals surface area contributed by atoms with Gasteiger partial charge >= 0.3 is 0 Å². The van der Waals surface area contributed by atoms with Gasteiger partial charge in [-0.3, -0.25) is 9.69 Å². The smallest absolute Gasteiger partial charge is 0.241 e. The third-order valence-corrected chi connectivity index (χ3v) is 5.06. The summed E-state index contributed by atoms with van der Waals surface area (Å²) >= 11 is 0. The minimum atomic E-state index is 0.155. The number of hydrogen-bond acceptors (Lipinski definition) is 3. The molecule has 1 unspecified atom stereocenters. The molecular formula is C21H26N2O2. The summed E-state index contributed by atoms with van der Waals surface area (Å²) in [6.45, 7) is 6.26. The Hall–Kier alpha value is -2.33. The highest BCUT2D eigenvalue weighted by molar-refractivity contribution is 5.96. The Morgan fingerprint density at radius 1 is 1.24 bits per heavy atom. The normalized spacial score (nSPS) is 14.5. The number of ether oxygens (including phenoxy) is 1. The summed E-state index contributed by atoms with van der Waals surface area (Å²) in [5.74, 6) is 1.02. The van der Waals surface area contributed by atoms with Crippen LogP contribution in [-0.4, -0.2) is 37.6 Å². The lowest BCUT2D eigenvalue weighted by Gasteiger charge is -2.29. The number of nitrogens with zero attached hydrogens (tertiary/aromatic N) is 2. The summed E-state index contributed by atoms with van der Waals surface area (Å²) in [6.07, 6.45) is 0.944. The van der Waals surface area contributed by atoms with Gasteiger partial charge in [-0.1, -0.05) is 37.3 Å². The zero-order chi connectivity index (χ0) is 17.8. The molecule has 2 aromatic carbocycles. The van der Waals surface area contributed by atoms with Gasteiger partial charge in [-0.05, 0) is 49.2 Å². The van der Waals surface area contributed by atoms with Gasteiger partial charge in [0.15, 0.2) is 0 Å². The maximum absolute atomic E-state index is 12.9. The SMILES string of the molecule is CCN(CC(=O)N1CCc2ccccc21)C(C)c1cccc(OC)c1. The van der Waals surface area contributed by atoms with Gasteiger partial charge in [0.2, 0.25) is 5.91 Å². The molecule has 132 valence electrons. The first-order chi connectivity index (χ1) is 12.1. The second-order valence-corrected chi connectivity index (χ2v) is 6.44. The molecule has 0 aromatic heterocycles. The molecule has 2 aromatic rings. The van der Waals surface area contributed by atoms with Crippen molar-refractivity contribution in [2.75, 3.05) is 31.6 Å². The zero-order valence-corrected chi connectivity index (χ0v) is 15.2. The van der Waals surface area contributed by atoms with Crippen LogP contribution in [0.2, 0.25) is 0 Å². The summed E-state index contributed by atoms with van der Waals surface area (Å²) < 4.78 is 5.33. The molecule has 0 fully saturated rings. The van der Waals surface area contributed by atoms with E-state index < -0.39 is 0 Å². The highest BCUT2D eigenvalue weighted by Gasteiger charge is 2.26. The van der Waals surface area contributed by atoms with Gasteiger partial charge < -0.3 is 9.64 Å². The van der Waals surface area contributed by atoms with Gasteiger partial charge in [0.1, 0.15) is 5.75 Å². The fourth-order valence-electron chi connectivity index (χ4n) is 3.49. The number of anilines is 1. The Morgan fingerprint density at radius 3 is 2.80 bits per heavy atom. The third kappa shape index (κ3) is 3.69. The van der Waals surface area contributed by atoms with Crippen molar-refractivity contribution in [3.63, 3.8) is 0 Å². The summed E-state index contributed by atoms with van der Waals surface area (Å²) in [4.78, 5) is 17.0. The monoisotopic (exact) mass is 338 g/mol. The van der Waals surface area contributed by atoms with Crippen LogP contribution in [0.5, 0.6) is 5.75 Å². The van der Waals surface area contributed by atoms with E-state index in [0.717, 1.165) is 36.5 Å². The van der Waals surface area contributed by atoms with Crippen LogP contribution in [0.4, 0.5) is 5.69 Å². The van der Waals surface area contributed by atoms with E-state index in [1.54, 1.807) is 7.11 Å². The number of carbonyl (C=O) groups is 1. The minimum Gasteiger partial charge on any atom is -0.497 e. The van der Waals surface area contributed by atoms with Gasteiger partial charge in [-0.15, -0.1) is 0 Å². The molecule has 0 bridgehead atoms. The lowest BCUT2D eigenvalue weighted by molar-refractivity contribution is -0.120. The van der Waals surface area contributed by atoms with Gasteiger partial charge in [-0.25, -0.2) is 0 Å². The van der Waals surface area contributed by atoms with Crippen molar-refractivity contribution < 1.29 is 9.53 Å². The number of amides is 1. The first-order valence-electron chi connectivity index (χ1n) is 8.90. The third-order valence-electron chi connectivity index (χ3n) is 5.06. The van der Waals surface area contributed by atoms with E-state index >= 15 is 0 Å². The van der Waals surface area contributed by atoms with Gasteiger partial charge in [0.25, 0.3) is 0 Å². The topological polar surface area (TPSA) is 32.8 Å². The lowest BCUT2D eigenvalue weighted by Crippen LogP contribution is -2.40. The van der Waals surface area contributed by atoms with Gasteiger partial charge in [0, 0.05) is 18.3 Å². The molecule has 25 heavy (non-hydrogen) atoms. The molecule has 1 amide bonds. The van der Waals surface area contributed by atoms with Crippen molar-refractivity contribution in [3.05, 3.63) is 59.7 Å². The maximum atomic E-state index is 12.9. The second-order valence-electron chi connectivity index (χ2n) is 6.44. The molecule has 3 rings (SSSR count). The molecule has 4 heteroatoms. The van der Waals surface area contributed by atoms with Gasteiger partial charge in [-0.2, -0.15) is 0 Å². The predicted octanol–water partition coefficient (Wildman–Crippen LogP) is 3.67. The lowest BCUT2D eigenvalue weighted by atomic mass is 10.1. The molecule has 0 spiro atoms. The average molecular weight is 338 g/mol. The number of hydrogen-bond donors (Lipinski definition) is 0. The van der Waals surface area contributed by atoms with Crippen molar-refractivity contribution in [1.29, 1.82) is 0 Å². The zero-order valence-electron chi connectivity index (χ0n) is 15.2. The van der Waals surface area contributed by atoms with Crippen molar-refractivity contribution in [2.45, 2.75) is 26.3 Å². The van der Waals surface area contributed by atoms with E-state index in [4.69, 9.17) is 4.74 Å². The Morgan fingerprint density at radius 2 is 2.04 bits per heavy atom. The molecule has 1 atom stereocenters. The Labute approximate surface area is 150 Å². The molecule has 4 nitrogen and oxygen atoms in total. The average Bonchev–Trinajstić information content (AvgIpc) is 3.09. The largest absolute Gasteiger partial charge is 0.497 e. The van der Waals surface area contributed by atoms with Crippen LogP contribution >= 0.6 is 0 Å². The van der Waals surface area contributed by atoms with Crippen LogP contribution in [-0.2, 0) is 11.2 Å². The van der Waals surface area contributed by atoms with Gasteiger partial charge in [0.05, 0.1) is 13.7 Å². The number of benzene rings is 2. The standard InChI is InChI=1S/C21H26N2O2/c1-4-22(16(2)18-9-7-10-19(14-18)25-3)15-21(24)23-13-12-17-8-5-6-11-20(17)23/h5-11,14,16H,4,12-13,15H2,1-3H3. The molecule has 0 radical (unpaired) electrons. The number of para-hydroxylation sites is 1. The van der Waals surface area contributed by atoms with Crippen LogP contribution in [0.25, 0.3) is 0 Å². The van der Waals surface area contributed by atoms with Crippen molar-refractivity contribution in [3.8, 4) is 5.75 Å². The molecular weight excluding hydrogens is 312 g/mol. The second kappa shape index (κ2) is 7.70.